The molecule has 2 aromatic carbocycles. The Kier molecular flexibility index (Phi) is 4.17. The van der Waals surface area contributed by atoms with Crippen LogP contribution in [0.5, 0.6) is 11.5 Å². The molecule has 0 saturated heterocycles. The quantitative estimate of drug-likeness (QED) is 0.836. The topological polar surface area (TPSA) is 36.3 Å². The van der Waals surface area contributed by atoms with Gasteiger partial charge in [0.25, 0.3) is 0 Å². The summed E-state index contributed by atoms with van der Waals surface area (Å²) in [6.07, 6.45) is 0. The second kappa shape index (κ2) is 6.03. The van der Waals surface area contributed by atoms with Gasteiger partial charge in [0.2, 0.25) is 0 Å². The van der Waals surface area contributed by atoms with E-state index in [1.807, 2.05) is 56.6 Å². The summed E-state index contributed by atoms with van der Waals surface area (Å²) in [7, 11) is 4.02. The minimum atomic E-state index is 0.548. The molecule has 0 heterocycles. The molecule has 0 radical (unpaired) electrons. The minimum absolute atomic E-state index is 0.548. The number of nitrogens with zero attached hydrogens (tertiary/aromatic N) is 2. The molecule has 19 heavy (non-hydrogen) atoms. The van der Waals surface area contributed by atoms with Crippen molar-refractivity contribution in [2.75, 3.05) is 14.1 Å². The van der Waals surface area contributed by atoms with Crippen molar-refractivity contribution in [3.63, 3.8) is 0 Å². The molecule has 0 unspecified atom stereocenters. The van der Waals surface area contributed by atoms with Crippen molar-refractivity contribution >= 4 is 0 Å². The molecule has 0 aliphatic rings. The van der Waals surface area contributed by atoms with Crippen molar-refractivity contribution < 1.29 is 4.74 Å². The van der Waals surface area contributed by atoms with Crippen LogP contribution in [0, 0.1) is 11.3 Å². The number of hydrogen-bond donors (Lipinski definition) is 0. The molecule has 0 bridgehead atoms. The van der Waals surface area contributed by atoms with Crippen LogP contribution < -0.4 is 4.74 Å². The monoisotopic (exact) mass is 252 g/mol. The van der Waals surface area contributed by atoms with Gasteiger partial charge >= 0.3 is 0 Å². The highest BCUT2D eigenvalue weighted by molar-refractivity contribution is 5.47. The standard InChI is InChI=1S/C16H16N2O/c1-18(2)12-13-8-9-14(11-17)16(10-13)19-15-6-4-3-5-7-15/h3-10H,12H2,1-2H3. The minimum Gasteiger partial charge on any atom is -0.456 e. The lowest BCUT2D eigenvalue weighted by Crippen LogP contribution is -2.10. The summed E-state index contributed by atoms with van der Waals surface area (Å²) in [4.78, 5) is 2.08. The van der Waals surface area contributed by atoms with E-state index in [9.17, 15) is 0 Å². The van der Waals surface area contributed by atoms with Crippen LogP contribution >= 0.6 is 0 Å². The molecule has 2 rings (SSSR count). The van der Waals surface area contributed by atoms with Gasteiger partial charge in [-0.1, -0.05) is 24.3 Å². The van der Waals surface area contributed by atoms with Crippen LogP contribution in [-0.4, -0.2) is 19.0 Å². The van der Waals surface area contributed by atoms with Crippen molar-refractivity contribution in [3.8, 4) is 17.6 Å². The van der Waals surface area contributed by atoms with Crippen LogP contribution in [-0.2, 0) is 6.54 Å². The lowest BCUT2D eigenvalue weighted by Gasteiger charge is -2.12. The Morgan fingerprint density at radius 3 is 2.47 bits per heavy atom. The lowest BCUT2D eigenvalue weighted by molar-refractivity contribution is 0.401. The molecule has 2 aromatic rings. The zero-order valence-electron chi connectivity index (χ0n) is 11.1. The Morgan fingerprint density at radius 2 is 1.84 bits per heavy atom. The molecule has 0 saturated carbocycles. The highest BCUT2D eigenvalue weighted by Crippen LogP contribution is 2.26. The highest BCUT2D eigenvalue weighted by Gasteiger charge is 2.06. The Labute approximate surface area is 113 Å². The third kappa shape index (κ3) is 3.57. The van der Waals surface area contributed by atoms with Gasteiger partial charge in [-0.2, -0.15) is 5.26 Å². The largest absolute Gasteiger partial charge is 0.456 e. The number of para-hydroxylation sites is 1. The summed E-state index contributed by atoms with van der Waals surface area (Å²) >= 11 is 0. The van der Waals surface area contributed by atoms with Gasteiger partial charge in [-0.05, 0) is 43.9 Å². The molecule has 0 aliphatic carbocycles. The van der Waals surface area contributed by atoms with Crippen molar-refractivity contribution in [1.29, 1.82) is 5.26 Å². The fourth-order valence-corrected chi connectivity index (χ4v) is 1.82. The normalized spacial score (nSPS) is 10.2. The Hall–Kier alpha value is -2.31. The van der Waals surface area contributed by atoms with Gasteiger partial charge in [-0.3, -0.25) is 0 Å². The van der Waals surface area contributed by atoms with E-state index in [4.69, 9.17) is 10.00 Å². The van der Waals surface area contributed by atoms with Crippen LogP contribution in [0.3, 0.4) is 0 Å². The molecular formula is C16H16N2O. The van der Waals surface area contributed by atoms with Gasteiger partial charge in [0, 0.05) is 6.54 Å². The third-order valence-electron chi connectivity index (χ3n) is 2.64. The number of benzene rings is 2. The average molecular weight is 252 g/mol. The molecule has 96 valence electrons. The third-order valence-corrected chi connectivity index (χ3v) is 2.64. The fraction of sp³-hybridized carbons (Fsp3) is 0.188. The van der Waals surface area contributed by atoms with Crippen molar-refractivity contribution in [2.24, 2.45) is 0 Å². The Morgan fingerprint density at radius 1 is 1.11 bits per heavy atom. The van der Waals surface area contributed by atoms with Crippen molar-refractivity contribution in [2.45, 2.75) is 6.54 Å². The summed E-state index contributed by atoms with van der Waals surface area (Å²) in [6, 6.07) is 17.3. The second-order valence-electron chi connectivity index (χ2n) is 4.60. The Bertz CT molecular complexity index is 585. The molecule has 3 heteroatoms. The molecule has 0 N–H and O–H groups in total. The SMILES string of the molecule is CN(C)Cc1ccc(C#N)c(Oc2ccccc2)c1. The van der Waals surface area contributed by atoms with Gasteiger partial charge in [0.1, 0.15) is 17.6 Å². The predicted octanol–water partition coefficient (Wildman–Crippen LogP) is 3.41. The highest BCUT2D eigenvalue weighted by atomic mass is 16.5. The predicted molar refractivity (Wildman–Crippen MR) is 75.1 cm³/mol. The van der Waals surface area contributed by atoms with E-state index in [1.54, 1.807) is 6.07 Å². The molecule has 0 fully saturated rings. The second-order valence-corrected chi connectivity index (χ2v) is 4.60. The van der Waals surface area contributed by atoms with Crippen LogP contribution in [0.4, 0.5) is 0 Å². The lowest BCUT2D eigenvalue weighted by atomic mass is 10.1. The smallest absolute Gasteiger partial charge is 0.145 e. The van der Waals surface area contributed by atoms with Crippen LogP contribution in [0.2, 0.25) is 0 Å². The van der Waals surface area contributed by atoms with Crippen LogP contribution in [0.15, 0.2) is 48.5 Å². The zero-order chi connectivity index (χ0) is 13.7. The van der Waals surface area contributed by atoms with Gasteiger partial charge in [-0.15, -0.1) is 0 Å². The summed E-state index contributed by atoms with van der Waals surface area (Å²) in [5.74, 6) is 1.34. The summed E-state index contributed by atoms with van der Waals surface area (Å²) < 4.78 is 5.78. The van der Waals surface area contributed by atoms with Gasteiger partial charge in [-0.25, -0.2) is 0 Å². The molecule has 0 aliphatic heterocycles. The van der Waals surface area contributed by atoms with E-state index in [0.29, 0.717) is 11.3 Å². The van der Waals surface area contributed by atoms with Crippen LogP contribution in [0.1, 0.15) is 11.1 Å². The Balaban J connectivity index is 2.29. The van der Waals surface area contributed by atoms with Crippen molar-refractivity contribution in [1.82, 2.24) is 4.90 Å². The molecule has 0 aromatic heterocycles. The average Bonchev–Trinajstić information content (AvgIpc) is 2.39. The number of rotatable bonds is 4. The maximum Gasteiger partial charge on any atom is 0.145 e. The summed E-state index contributed by atoms with van der Waals surface area (Å²) in [5, 5.41) is 9.13. The first-order chi connectivity index (χ1) is 9.19. The number of hydrogen-bond acceptors (Lipinski definition) is 3. The zero-order valence-corrected chi connectivity index (χ0v) is 11.1. The first-order valence-electron chi connectivity index (χ1n) is 6.09. The van der Waals surface area contributed by atoms with E-state index >= 15 is 0 Å². The summed E-state index contributed by atoms with van der Waals surface area (Å²) in [6.45, 7) is 0.816. The van der Waals surface area contributed by atoms with E-state index in [-0.39, 0.29) is 0 Å². The number of ether oxygens (including phenoxy) is 1. The molecule has 0 atom stereocenters. The first kappa shape index (κ1) is 13.1. The van der Waals surface area contributed by atoms with Gasteiger partial charge < -0.3 is 9.64 Å². The molecule has 0 spiro atoms. The number of nitriles is 1. The molecular weight excluding hydrogens is 236 g/mol. The van der Waals surface area contributed by atoms with Crippen molar-refractivity contribution in [3.05, 3.63) is 59.7 Å². The first-order valence-corrected chi connectivity index (χ1v) is 6.09. The van der Waals surface area contributed by atoms with E-state index < -0.39 is 0 Å². The maximum atomic E-state index is 9.13. The van der Waals surface area contributed by atoms with Gasteiger partial charge in [0.05, 0.1) is 5.56 Å². The maximum absolute atomic E-state index is 9.13. The van der Waals surface area contributed by atoms with Gasteiger partial charge in [0.15, 0.2) is 0 Å². The van der Waals surface area contributed by atoms with E-state index in [1.165, 1.54) is 0 Å². The van der Waals surface area contributed by atoms with E-state index in [2.05, 4.69) is 11.0 Å². The van der Waals surface area contributed by atoms with Crippen LogP contribution in [0.25, 0.3) is 0 Å². The fourth-order valence-electron chi connectivity index (χ4n) is 1.82. The molecule has 3 nitrogen and oxygen atoms in total. The summed E-state index contributed by atoms with van der Waals surface area (Å²) in [5.41, 5.74) is 1.67. The van der Waals surface area contributed by atoms with E-state index in [0.717, 1.165) is 17.9 Å². The molecule has 0 amide bonds.